The molecule has 0 radical (unpaired) electrons. The van der Waals surface area contributed by atoms with Crippen LogP contribution in [-0.2, 0) is 4.74 Å². The minimum atomic E-state index is -0.152. The maximum atomic E-state index is 9.66. The fourth-order valence-corrected chi connectivity index (χ4v) is 4.21. The lowest BCUT2D eigenvalue weighted by molar-refractivity contribution is 0.0987. The highest BCUT2D eigenvalue weighted by Gasteiger charge is 2.39. The molecule has 5 heteroatoms. The van der Waals surface area contributed by atoms with Crippen molar-refractivity contribution in [3.63, 3.8) is 0 Å². The van der Waals surface area contributed by atoms with Crippen LogP contribution in [0.3, 0.4) is 0 Å². The first kappa shape index (κ1) is 16.2. The quantitative estimate of drug-likeness (QED) is 0.637. The number of aromatic nitrogens is 1. The molecule has 1 aliphatic carbocycles. The number of hydrogen-bond acceptors (Lipinski definition) is 4. The summed E-state index contributed by atoms with van der Waals surface area (Å²) in [5, 5.41) is 13.7. The van der Waals surface area contributed by atoms with Crippen molar-refractivity contribution in [1.29, 1.82) is 0 Å². The first-order valence-corrected chi connectivity index (χ1v) is 9.32. The van der Waals surface area contributed by atoms with E-state index in [1.807, 2.05) is 6.07 Å². The highest BCUT2D eigenvalue weighted by Crippen LogP contribution is 2.38. The third kappa shape index (κ3) is 3.54. The summed E-state index contributed by atoms with van der Waals surface area (Å²) in [6, 6.07) is 2.21. The third-order valence-electron chi connectivity index (χ3n) is 5.43. The van der Waals surface area contributed by atoms with Gasteiger partial charge in [-0.2, -0.15) is 0 Å². The first-order valence-electron chi connectivity index (χ1n) is 8.94. The average molecular weight is 347 g/mol. The molecule has 0 spiro atoms. The summed E-state index contributed by atoms with van der Waals surface area (Å²) in [7, 11) is 0. The molecule has 24 heavy (non-hydrogen) atoms. The Morgan fingerprint density at radius 2 is 2.04 bits per heavy atom. The monoisotopic (exact) mass is 346 g/mol. The molecule has 128 valence electrons. The summed E-state index contributed by atoms with van der Waals surface area (Å²) in [6.07, 6.45) is 9.35. The summed E-state index contributed by atoms with van der Waals surface area (Å²) in [6.45, 7) is 0. The molecule has 2 aliphatic heterocycles. The number of halogens is 1. The van der Waals surface area contributed by atoms with E-state index in [-0.39, 0.29) is 6.10 Å². The first-order chi connectivity index (χ1) is 11.7. The van der Waals surface area contributed by atoms with Crippen LogP contribution in [0.1, 0.15) is 50.5 Å². The highest BCUT2D eigenvalue weighted by molar-refractivity contribution is 6.29. The molecular weight excluding hydrogens is 324 g/mol. The Hall–Kier alpha value is -1.28. The van der Waals surface area contributed by atoms with Crippen LogP contribution in [0.2, 0.25) is 5.15 Å². The van der Waals surface area contributed by atoms with E-state index >= 15 is 0 Å². The van der Waals surface area contributed by atoms with Crippen molar-refractivity contribution in [1.82, 2.24) is 4.98 Å². The molecule has 1 aromatic heterocycles. The molecule has 4 nitrogen and oxygen atoms in total. The molecule has 2 N–H and O–H groups in total. The van der Waals surface area contributed by atoms with Crippen LogP contribution in [0.4, 0.5) is 5.69 Å². The lowest BCUT2D eigenvalue weighted by atomic mass is 9.89. The molecule has 3 fully saturated rings. The topological polar surface area (TPSA) is 54.4 Å². The SMILES string of the molecule is OC1CCC(Nc2cc(Cl)ncc2C#CC2CC3CCC2O3)CC1. The number of aliphatic hydroxyl groups excluding tert-OH is 1. The molecule has 3 aliphatic rings. The van der Waals surface area contributed by atoms with E-state index in [4.69, 9.17) is 16.3 Å². The van der Waals surface area contributed by atoms with Crippen LogP contribution >= 0.6 is 11.6 Å². The van der Waals surface area contributed by atoms with Gasteiger partial charge in [0.1, 0.15) is 5.15 Å². The number of ether oxygens (including phenoxy) is 1. The molecule has 0 amide bonds. The van der Waals surface area contributed by atoms with Crippen molar-refractivity contribution < 1.29 is 9.84 Å². The summed E-state index contributed by atoms with van der Waals surface area (Å²) in [5.74, 6) is 7.04. The Labute approximate surface area is 148 Å². The zero-order chi connectivity index (χ0) is 16.5. The van der Waals surface area contributed by atoms with Gasteiger partial charge in [0, 0.05) is 18.2 Å². The van der Waals surface area contributed by atoms with Gasteiger partial charge in [-0.25, -0.2) is 4.98 Å². The number of anilines is 1. The van der Waals surface area contributed by atoms with Gasteiger partial charge in [-0.3, -0.25) is 0 Å². The largest absolute Gasteiger partial charge is 0.393 e. The van der Waals surface area contributed by atoms with Crippen molar-refractivity contribution in [2.24, 2.45) is 5.92 Å². The predicted octanol–water partition coefficient (Wildman–Crippen LogP) is 3.37. The van der Waals surface area contributed by atoms with E-state index in [9.17, 15) is 5.11 Å². The Bertz CT molecular complexity index is 661. The fraction of sp³-hybridized carbons (Fsp3) is 0.632. The normalized spacial score (nSPS) is 34.7. The average Bonchev–Trinajstić information content (AvgIpc) is 3.19. The number of aliphatic hydroxyl groups is 1. The van der Waals surface area contributed by atoms with Gasteiger partial charge in [-0.15, -0.1) is 0 Å². The molecular formula is C19H23ClN2O2. The maximum Gasteiger partial charge on any atom is 0.131 e. The van der Waals surface area contributed by atoms with Crippen LogP contribution in [-0.4, -0.2) is 34.4 Å². The second kappa shape index (κ2) is 6.92. The fourth-order valence-electron chi connectivity index (χ4n) is 4.05. The Kier molecular flexibility index (Phi) is 4.67. The predicted molar refractivity (Wildman–Crippen MR) is 94.0 cm³/mol. The number of fused-ring (bicyclic) bond motifs is 2. The zero-order valence-electron chi connectivity index (χ0n) is 13.7. The highest BCUT2D eigenvalue weighted by atomic mass is 35.5. The van der Waals surface area contributed by atoms with E-state index in [0.717, 1.165) is 49.8 Å². The van der Waals surface area contributed by atoms with Gasteiger partial charge in [0.2, 0.25) is 0 Å². The summed E-state index contributed by atoms with van der Waals surface area (Å²) in [5.41, 5.74) is 1.85. The number of nitrogens with zero attached hydrogens (tertiary/aromatic N) is 1. The molecule has 1 aromatic rings. The van der Waals surface area contributed by atoms with Crippen LogP contribution in [0.5, 0.6) is 0 Å². The van der Waals surface area contributed by atoms with Gasteiger partial charge in [-0.05, 0) is 51.0 Å². The van der Waals surface area contributed by atoms with Crippen molar-refractivity contribution >= 4 is 17.3 Å². The minimum Gasteiger partial charge on any atom is -0.393 e. The second-order valence-electron chi connectivity index (χ2n) is 7.19. The molecule has 0 aromatic carbocycles. The number of nitrogens with one attached hydrogen (secondary N) is 1. The zero-order valence-corrected chi connectivity index (χ0v) is 14.4. The Morgan fingerprint density at radius 3 is 2.75 bits per heavy atom. The molecule has 3 heterocycles. The van der Waals surface area contributed by atoms with Crippen LogP contribution in [0.25, 0.3) is 0 Å². The summed E-state index contributed by atoms with van der Waals surface area (Å²) < 4.78 is 5.88. The molecule has 3 atom stereocenters. The van der Waals surface area contributed by atoms with E-state index in [0.29, 0.717) is 29.3 Å². The Balaban J connectivity index is 1.49. The van der Waals surface area contributed by atoms with Crippen molar-refractivity contribution in [3.05, 3.63) is 23.0 Å². The van der Waals surface area contributed by atoms with Crippen molar-refractivity contribution in [3.8, 4) is 11.8 Å². The lowest BCUT2D eigenvalue weighted by Crippen LogP contribution is -2.28. The standard InChI is InChI=1S/C19H23ClN2O2/c20-19-10-17(22-14-3-5-15(23)6-4-14)13(11-21-19)2-1-12-9-16-7-8-18(12)24-16/h10-12,14-16,18,23H,3-9H2,(H,21,22). The third-order valence-corrected chi connectivity index (χ3v) is 5.63. The second-order valence-corrected chi connectivity index (χ2v) is 7.58. The molecule has 3 unspecified atom stereocenters. The van der Waals surface area contributed by atoms with Gasteiger partial charge < -0.3 is 15.2 Å². The molecule has 2 saturated heterocycles. The van der Waals surface area contributed by atoms with Crippen LogP contribution in [0.15, 0.2) is 12.3 Å². The molecule has 4 rings (SSSR count). The maximum absolute atomic E-state index is 9.66. The van der Waals surface area contributed by atoms with Gasteiger partial charge in [-0.1, -0.05) is 23.4 Å². The van der Waals surface area contributed by atoms with Crippen LogP contribution in [0, 0.1) is 17.8 Å². The van der Waals surface area contributed by atoms with E-state index in [1.165, 1.54) is 6.42 Å². The summed E-state index contributed by atoms with van der Waals surface area (Å²) in [4.78, 5) is 4.19. The molecule has 1 saturated carbocycles. The van der Waals surface area contributed by atoms with Gasteiger partial charge in [0.05, 0.1) is 29.6 Å². The molecule has 2 bridgehead atoms. The minimum absolute atomic E-state index is 0.152. The number of pyridine rings is 1. The van der Waals surface area contributed by atoms with Crippen molar-refractivity contribution in [2.75, 3.05) is 5.32 Å². The Morgan fingerprint density at radius 1 is 1.21 bits per heavy atom. The van der Waals surface area contributed by atoms with E-state index in [2.05, 4.69) is 22.1 Å². The van der Waals surface area contributed by atoms with Crippen molar-refractivity contribution in [2.45, 2.75) is 69.3 Å². The van der Waals surface area contributed by atoms with Crippen LogP contribution < -0.4 is 5.32 Å². The number of rotatable bonds is 2. The number of hydrogen-bond donors (Lipinski definition) is 2. The van der Waals surface area contributed by atoms with Gasteiger partial charge in [0.15, 0.2) is 0 Å². The lowest BCUT2D eigenvalue weighted by Gasteiger charge is -2.27. The smallest absolute Gasteiger partial charge is 0.131 e. The van der Waals surface area contributed by atoms with Gasteiger partial charge in [0.25, 0.3) is 0 Å². The van der Waals surface area contributed by atoms with E-state index in [1.54, 1.807) is 6.20 Å². The summed E-state index contributed by atoms with van der Waals surface area (Å²) >= 11 is 6.08. The van der Waals surface area contributed by atoms with E-state index < -0.39 is 0 Å². The van der Waals surface area contributed by atoms with Gasteiger partial charge >= 0.3 is 0 Å².